The molecule has 0 aliphatic carbocycles. The molecule has 4 heteroatoms. The van der Waals surface area contributed by atoms with Crippen molar-refractivity contribution in [3.05, 3.63) is 94.7 Å². The first-order valence-corrected chi connectivity index (χ1v) is 21.8. The van der Waals surface area contributed by atoms with E-state index in [1.165, 1.54) is 25.7 Å². The Morgan fingerprint density at radius 2 is 0.929 bits per heavy atom. The average molecular weight is 768 g/mol. The molecule has 2 aromatic heterocycles. The molecule has 2 aromatic carbocycles. The molecule has 4 rings (SSSR count). The van der Waals surface area contributed by atoms with Gasteiger partial charge >= 0.3 is 201 Å². The Bertz CT molecular complexity index is 1070. The van der Waals surface area contributed by atoms with Gasteiger partial charge in [-0.3, -0.25) is 0 Å². The van der Waals surface area contributed by atoms with Crippen LogP contribution >= 0.6 is 22.7 Å². The molecule has 126 valence electrons. The molecule has 0 aliphatic rings. The Kier molecular flexibility index (Phi) is 7.59. The van der Waals surface area contributed by atoms with Gasteiger partial charge < -0.3 is 0 Å². The number of hydrogen-bond donors (Lipinski definition) is 0. The summed E-state index contributed by atoms with van der Waals surface area (Å²) in [4.78, 5) is 4.94. The topological polar surface area (TPSA) is 0 Å². The molecule has 4 aromatic rings. The molecular weight excluding hydrogens is 754 g/mol. The third-order valence-electron chi connectivity index (χ3n) is 4.15. The van der Waals surface area contributed by atoms with Crippen molar-refractivity contribution >= 4 is 28.8 Å². The SMILES string of the molecule is [C](#Cc1ccc(-c2ccc(C#[C][Hg][c]3ccccc3)s2)s1)[Hg][c]1ccccc1. The zero-order valence-electron chi connectivity index (χ0n) is 15.3. The van der Waals surface area contributed by atoms with Crippen molar-refractivity contribution in [2.24, 2.45) is 0 Å². The van der Waals surface area contributed by atoms with E-state index in [-0.39, 0.29) is 0 Å². The Balaban J connectivity index is 1.40. The van der Waals surface area contributed by atoms with Gasteiger partial charge in [-0.15, -0.1) is 0 Å². The molecule has 0 amide bonds. The van der Waals surface area contributed by atoms with Gasteiger partial charge in [0.15, 0.2) is 0 Å². The third kappa shape index (κ3) is 5.91. The molecule has 0 nitrogen and oxygen atoms in total. The van der Waals surface area contributed by atoms with Crippen molar-refractivity contribution in [2.75, 3.05) is 0 Å². The molecule has 0 saturated carbocycles. The molecule has 0 radical (unpaired) electrons. The van der Waals surface area contributed by atoms with Crippen LogP contribution in [0.2, 0.25) is 0 Å². The van der Waals surface area contributed by atoms with Crippen molar-refractivity contribution in [1.29, 1.82) is 0 Å². The molecule has 0 N–H and O–H groups in total. The maximum atomic E-state index is 3.50. The number of hydrogen-bond acceptors (Lipinski definition) is 2. The van der Waals surface area contributed by atoms with Crippen LogP contribution in [0.4, 0.5) is 0 Å². The zero-order valence-corrected chi connectivity index (χ0v) is 27.9. The summed E-state index contributed by atoms with van der Waals surface area (Å²) >= 11 is 1.03. The fourth-order valence-electron chi connectivity index (χ4n) is 2.73. The zero-order chi connectivity index (χ0) is 19.0. The van der Waals surface area contributed by atoms with E-state index in [1.807, 2.05) is 0 Å². The minimum atomic E-state index is -1.28. The summed E-state index contributed by atoms with van der Waals surface area (Å²) in [6.45, 7) is 0. The van der Waals surface area contributed by atoms with Crippen LogP contribution in [-0.4, -0.2) is 0 Å². The fourth-order valence-corrected chi connectivity index (χ4v) is 13.3. The Morgan fingerprint density at radius 1 is 0.500 bits per heavy atom. The Morgan fingerprint density at radius 3 is 1.36 bits per heavy atom. The van der Waals surface area contributed by atoms with Crippen LogP contribution < -0.4 is 6.14 Å². The van der Waals surface area contributed by atoms with Gasteiger partial charge in [0, 0.05) is 0 Å². The fraction of sp³-hybridized carbons (Fsp3) is 0. The summed E-state index contributed by atoms with van der Waals surface area (Å²) in [6, 6.07) is 30.2. The number of benzene rings is 2. The maximum absolute atomic E-state index is 3.50. The van der Waals surface area contributed by atoms with E-state index in [9.17, 15) is 0 Å². The summed E-state index contributed by atoms with van der Waals surface area (Å²) in [5, 5.41) is 0. The molecule has 0 spiro atoms. The van der Waals surface area contributed by atoms with Crippen LogP contribution in [0, 0.1) is 18.7 Å². The van der Waals surface area contributed by atoms with Crippen molar-refractivity contribution in [3.8, 4) is 28.5 Å². The molecule has 0 fully saturated rings. The van der Waals surface area contributed by atoms with Crippen LogP contribution in [0.15, 0.2) is 84.9 Å². The molecule has 0 unspecified atom stereocenters. The van der Waals surface area contributed by atoms with Gasteiger partial charge in [0.2, 0.25) is 0 Å². The first-order valence-electron chi connectivity index (χ1n) is 9.12. The first kappa shape index (κ1) is 20.1. The Hall–Kier alpha value is -1.17. The summed E-state index contributed by atoms with van der Waals surface area (Å²) in [7, 11) is 0. The quantitative estimate of drug-likeness (QED) is 0.206. The minimum absolute atomic E-state index is 1.17. The monoisotopic (exact) mass is 770 g/mol. The predicted octanol–water partition coefficient (Wildman–Crippen LogP) is 4.91. The standard InChI is InChI=1S/C12H4S2.2C6H5.2Hg/c1-3-9-5-7-11(13-9)12-8-6-10(4-2)14-12;2*1-2-4-6-5-3-1;;/h5-8H;2*1-5H;;. The van der Waals surface area contributed by atoms with Crippen LogP contribution in [-0.2, 0) is 49.1 Å². The molecular formula is C24H14Hg2S2. The van der Waals surface area contributed by atoms with E-state index >= 15 is 0 Å². The normalized spacial score (nSPS) is 9.29. The third-order valence-corrected chi connectivity index (χ3v) is 15.9. The molecule has 0 saturated heterocycles. The summed E-state index contributed by atoms with van der Waals surface area (Å²) in [5.74, 6) is 6.79. The number of thiophene rings is 2. The van der Waals surface area contributed by atoms with Crippen molar-refractivity contribution in [2.45, 2.75) is 0 Å². The van der Waals surface area contributed by atoms with Gasteiger partial charge in [-0.25, -0.2) is 0 Å². The van der Waals surface area contributed by atoms with E-state index < -0.39 is 49.1 Å². The summed E-state index contributed by atoms with van der Waals surface area (Å²) in [5.41, 5.74) is 0. The molecule has 2 heterocycles. The van der Waals surface area contributed by atoms with E-state index in [2.05, 4.69) is 104 Å². The van der Waals surface area contributed by atoms with Crippen molar-refractivity contribution in [1.82, 2.24) is 0 Å². The summed E-state index contributed by atoms with van der Waals surface area (Å²) in [6.07, 6.45) is 0. The average Bonchev–Trinajstić information content (AvgIpc) is 3.39. The van der Waals surface area contributed by atoms with Crippen molar-refractivity contribution in [3.63, 3.8) is 0 Å². The van der Waals surface area contributed by atoms with Crippen LogP contribution in [0.25, 0.3) is 9.75 Å². The van der Waals surface area contributed by atoms with Gasteiger partial charge in [-0.05, 0) is 0 Å². The second-order valence-corrected chi connectivity index (χ2v) is 20.3. The van der Waals surface area contributed by atoms with Crippen LogP contribution in [0.1, 0.15) is 9.75 Å². The van der Waals surface area contributed by atoms with E-state index in [0.717, 1.165) is 0 Å². The first-order chi connectivity index (χ1) is 13.9. The molecule has 0 bridgehead atoms. The second kappa shape index (κ2) is 10.6. The van der Waals surface area contributed by atoms with Gasteiger partial charge in [-0.1, -0.05) is 0 Å². The van der Waals surface area contributed by atoms with E-state index in [4.69, 9.17) is 0 Å². The summed E-state index contributed by atoms with van der Waals surface area (Å²) < 4.78 is 9.97. The predicted molar refractivity (Wildman–Crippen MR) is 114 cm³/mol. The molecule has 0 atom stereocenters. The van der Waals surface area contributed by atoms with Gasteiger partial charge in [0.25, 0.3) is 0 Å². The van der Waals surface area contributed by atoms with Gasteiger partial charge in [0.1, 0.15) is 0 Å². The molecule has 28 heavy (non-hydrogen) atoms. The van der Waals surface area contributed by atoms with Crippen LogP contribution in [0.5, 0.6) is 0 Å². The Labute approximate surface area is 198 Å². The number of rotatable bonds is 3. The van der Waals surface area contributed by atoms with E-state index in [1.54, 1.807) is 22.7 Å². The molecule has 0 aliphatic heterocycles. The van der Waals surface area contributed by atoms with Crippen molar-refractivity contribution < 1.29 is 49.1 Å². The second-order valence-electron chi connectivity index (χ2n) is 6.26. The van der Waals surface area contributed by atoms with Gasteiger partial charge in [-0.2, -0.15) is 0 Å². The van der Waals surface area contributed by atoms with E-state index in [0.29, 0.717) is 0 Å². The van der Waals surface area contributed by atoms with Crippen LogP contribution in [0.3, 0.4) is 0 Å². The van der Waals surface area contributed by atoms with Gasteiger partial charge in [0.05, 0.1) is 0 Å².